The summed E-state index contributed by atoms with van der Waals surface area (Å²) in [6, 6.07) is 3.98. The lowest BCUT2D eigenvalue weighted by Crippen LogP contribution is -2.04. The Morgan fingerprint density at radius 2 is 2.00 bits per heavy atom. The van der Waals surface area contributed by atoms with Gasteiger partial charge >= 0.3 is 0 Å². The van der Waals surface area contributed by atoms with Gasteiger partial charge in [0.15, 0.2) is 5.78 Å². The van der Waals surface area contributed by atoms with Crippen LogP contribution >= 0.6 is 0 Å². The molecule has 0 aliphatic rings. The molecule has 82 valence electrons. The Bertz CT molecular complexity index is 367. The molecule has 1 rings (SSSR count). The first-order valence-corrected chi connectivity index (χ1v) is 5.37. The van der Waals surface area contributed by atoms with Crippen molar-refractivity contribution in [2.75, 3.05) is 6.61 Å². The van der Waals surface area contributed by atoms with E-state index in [-0.39, 0.29) is 5.78 Å². The van der Waals surface area contributed by atoms with Crippen LogP contribution < -0.4 is 4.74 Å². The molecule has 0 N–H and O–H groups in total. The molecule has 0 spiro atoms. The minimum Gasteiger partial charge on any atom is -0.493 e. The molecule has 0 unspecified atom stereocenters. The third-order valence-corrected chi connectivity index (χ3v) is 2.36. The molecular weight excluding hydrogens is 188 g/mol. The number of rotatable bonds is 4. The van der Waals surface area contributed by atoms with Crippen molar-refractivity contribution in [3.63, 3.8) is 0 Å². The molecular formula is C13H18O2. The number of benzene rings is 1. The summed E-state index contributed by atoms with van der Waals surface area (Å²) in [7, 11) is 0. The number of Topliss-reactive ketones (excluding diaryl/α,β-unsaturated/α-hetero) is 1. The third-order valence-electron chi connectivity index (χ3n) is 2.36. The summed E-state index contributed by atoms with van der Waals surface area (Å²) >= 11 is 0. The van der Waals surface area contributed by atoms with Gasteiger partial charge in [0.25, 0.3) is 0 Å². The van der Waals surface area contributed by atoms with Gasteiger partial charge < -0.3 is 4.74 Å². The summed E-state index contributed by atoms with van der Waals surface area (Å²) in [6.45, 7) is 8.18. The Balaban J connectivity index is 3.33. The molecule has 2 heteroatoms. The van der Waals surface area contributed by atoms with Gasteiger partial charge in [-0.05, 0) is 44.4 Å². The number of ether oxygens (including phenoxy) is 1. The van der Waals surface area contributed by atoms with Crippen LogP contribution in [0.4, 0.5) is 0 Å². The van der Waals surface area contributed by atoms with Crippen molar-refractivity contribution in [2.24, 2.45) is 0 Å². The maximum Gasteiger partial charge on any atom is 0.163 e. The van der Waals surface area contributed by atoms with Crippen molar-refractivity contribution in [2.45, 2.75) is 34.1 Å². The van der Waals surface area contributed by atoms with Gasteiger partial charge in [-0.25, -0.2) is 0 Å². The fourth-order valence-electron chi connectivity index (χ4n) is 1.69. The normalized spacial score (nSPS) is 10.1. The maximum absolute atomic E-state index is 11.5. The van der Waals surface area contributed by atoms with E-state index in [9.17, 15) is 4.79 Å². The minimum atomic E-state index is 0.0665. The van der Waals surface area contributed by atoms with Gasteiger partial charge in [0, 0.05) is 0 Å². The van der Waals surface area contributed by atoms with E-state index in [4.69, 9.17) is 4.74 Å². The molecule has 15 heavy (non-hydrogen) atoms. The Labute approximate surface area is 91.3 Å². The molecule has 0 bridgehead atoms. The lowest BCUT2D eigenvalue weighted by Gasteiger charge is -2.13. The SMILES string of the molecule is CCOc1c(CC)cc(C)cc1C(C)=O. The van der Waals surface area contributed by atoms with E-state index in [1.807, 2.05) is 19.9 Å². The van der Waals surface area contributed by atoms with Crippen molar-refractivity contribution >= 4 is 5.78 Å². The first kappa shape index (κ1) is 11.8. The second-order valence-electron chi connectivity index (χ2n) is 3.64. The summed E-state index contributed by atoms with van der Waals surface area (Å²) in [4.78, 5) is 11.5. The van der Waals surface area contributed by atoms with Crippen LogP contribution in [-0.4, -0.2) is 12.4 Å². The van der Waals surface area contributed by atoms with Gasteiger partial charge in [0.1, 0.15) is 5.75 Å². The second kappa shape index (κ2) is 4.96. The van der Waals surface area contributed by atoms with Crippen LogP contribution in [0.2, 0.25) is 0 Å². The fraction of sp³-hybridized carbons (Fsp3) is 0.462. The predicted octanol–water partition coefficient (Wildman–Crippen LogP) is 3.16. The van der Waals surface area contributed by atoms with Gasteiger partial charge in [0.2, 0.25) is 0 Å². The molecule has 0 amide bonds. The van der Waals surface area contributed by atoms with Gasteiger partial charge in [-0.2, -0.15) is 0 Å². The standard InChI is InChI=1S/C13H18O2/c1-5-11-7-9(3)8-12(10(4)14)13(11)15-6-2/h7-8H,5-6H2,1-4H3. The van der Waals surface area contributed by atoms with Gasteiger partial charge in [-0.1, -0.05) is 13.0 Å². The Morgan fingerprint density at radius 3 is 2.47 bits per heavy atom. The predicted molar refractivity (Wildman–Crippen MR) is 61.7 cm³/mol. The Kier molecular flexibility index (Phi) is 3.89. The topological polar surface area (TPSA) is 26.3 Å². The molecule has 0 aliphatic carbocycles. The number of carbonyl (C=O) groups excluding carboxylic acids is 1. The highest BCUT2D eigenvalue weighted by Gasteiger charge is 2.13. The first-order valence-electron chi connectivity index (χ1n) is 5.37. The molecule has 0 saturated heterocycles. The third kappa shape index (κ3) is 2.58. The first-order chi connectivity index (χ1) is 7.10. The largest absolute Gasteiger partial charge is 0.493 e. The van der Waals surface area contributed by atoms with Gasteiger partial charge in [-0.3, -0.25) is 4.79 Å². The van der Waals surface area contributed by atoms with Crippen molar-refractivity contribution in [3.05, 3.63) is 28.8 Å². The quantitative estimate of drug-likeness (QED) is 0.707. The maximum atomic E-state index is 11.5. The van der Waals surface area contributed by atoms with E-state index in [1.165, 1.54) is 0 Å². The monoisotopic (exact) mass is 206 g/mol. The molecule has 0 radical (unpaired) electrons. The zero-order valence-corrected chi connectivity index (χ0v) is 9.89. The number of aryl methyl sites for hydroxylation is 2. The van der Waals surface area contributed by atoms with Gasteiger partial charge in [-0.15, -0.1) is 0 Å². The average Bonchev–Trinajstić information content (AvgIpc) is 2.19. The van der Waals surface area contributed by atoms with E-state index in [2.05, 4.69) is 13.0 Å². The highest BCUT2D eigenvalue weighted by molar-refractivity contribution is 5.97. The summed E-state index contributed by atoms with van der Waals surface area (Å²) in [5, 5.41) is 0. The number of carbonyl (C=O) groups is 1. The van der Waals surface area contributed by atoms with E-state index in [0.29, 0.717) is 12.2 Å². The molecule has 0 aromatic heterocycles. The molecule has 0 atom stereocenters. The van der Waals surface area contributed by atoms with Crippen LogP contribution in [0.1, 0.15) is 42.3 Å². The lowest BCUT2D eigenvalue weighted by atomic mass is 10.0. The van der Waals surface area contributed by atoms with Crippen LogP contribution in [0.15, 0.2) is 12.1 Å². The highest BCUT2D eigenvalue weighted by atomic mass is 16.5. The summed E-state index contributed by atoms with van der Waals surface area (Å²) in [6.07, 6.45) is 0.886. The summed E-state index contributed by atoms with van der Waals surface area (Å²) in [5.74, 6) is 0.829. The molecule has 0 aliphatic heterocycles. The van der Waals surface area contributed by atoms with E-state index >= 15 is 0 Å². The molecule has 0 heterocycles. The number of hydrogen-bond donors (Lipinski definition) is 0. The van der Waals surface area contributed by atoms with Gasteiger partial charge in [0.05, 0.1) is 12.2 Å². The molecule has 2 nitrogen and oxygen atoms in total. The second-order valence-corrected chi connectivity index (χ2v) is 3.64. The molecule has 1 aromatic rings. The van der Waals surface area contributed by atoms with E-state index in [0.717, 1.165) is 23.3 Å². The minimum absolute atomic E-state index is 0.0665. The number of ketones is 1. The van der Waals surface area contributed by atoms with Crippen LogP contribution in [0.25, 0.3) is 0 Å². The van der Waals surface area contributed by atoms with Crippen molar-refractivity contribution in [1.29, 1.82) is 0 Å². The Morgan fingerprint density at radius 1 is 1.33 bits per heavy atom. The van der Waals surface area contributed by atoms with Crippen molar-refractivity contribution < 1.29 is 9.53 Å². The van der Waals surface area contributed by atoms with E-state index in [1.54, 1.807) is 6.92 Å². The highest BCUT2D eigenvalue weighted by Crippen LogP contribution is 2.27. The van der Waals surface area contributed by atoms with E-state index < -0.39 is 0 Å². The summed E-state index contributed by atoms with van der Waals surface area (Å²) < 4.78 is 5.55. The van der Waals surface area contributed by atoms with Crippen LogP contribution in [0.5, 0.6) is 5.75 Å². The smallest absolute Gasteiger partial charge is 0.163 e. The zero-order chi connectivity index (χ0) is 11.4. The fourth-order valence-corrected chi connectivity index (χ4v) is 1.69. The summed E-state index contributed by atoms with van der Waals surface area (Å²) in [5.41, 5.74) is 2.93. The Hall–Kier alpha value is -1.31. The van der Waals surface area contributed by atoms with Crippen LogP contribution in [0, 0.1) is 6.92 Å². The zero-order valence-electron chi connectivity index (χ0n) is 9.89. The molecule has 0 fully saturated rings. The lowest BCUT2D eigenvalue weighted by molar-refractivity contribution is 0.101. The number of hydrogen-bond acceptors (Lipinski definition) is 2. The average molecular weight is 206 g/mol. The van der Waals surface area contributed by atoms with Crippen LogP contribution in [0.3, 0.4) is 0 Å². The van der Waals surface area contributed by atoms with Crippen LogP contribution in [-0.2, 0) is 6.42 Å². The van der Waals surface area contributed by atoms with Crippen molar-refractivity contribution in [3.8, 4) is 5.75 Å². The van der Waals surface area contributed by atoms with Crippen molar-refractivity contribution in [1.82, 2.24) is 0 Å². The molecule has 1 aromatic carbocycles. The molecule has 0 saturated carbocycles.